The van der Waals surface area contributed by atoms with Gasteiger partial charge < -0.3 is 10.2 Å². The lowest BCUT2D eigenvalue weighted by molar-refractivity contribution is 0.146. The molecule has 0 aliphatic heterocycles. The van der Waals surface area contributed by atoms with Crippen LogP contribution in [-0.2, 0) is 0 Å². The van der Waals surface area contributed by atoms with E-state index in [4.69, 9.17) is 0 Å². The largest absolute Gasteiger partial charge is 0.312 e. The van der Waals surface area contributed by atoms with Crippen molar-refractivity contribution in [1.82, 2.24) is 10.2 Å². The van der Waals surface area contributed by atoms with Gasteiger partial charge in [0.15, 0.2) is 0 Å². The summed E-state index contributed by atoms with van der Waals surface area (Å²) in [7, 11) is 4.37. The first-order valence-corrected chi connectivity index (χ1v) is 9.06. The minimum Gasteiger partial charge on any atom is -0.312 e. The number of nitrogens with zero attached hydrogens (tertiary/aromatic N) is 1. The molecular formula is C19H40N2. The van der Waals surface area contributed by atoms with Gasteiger partial charge in [-0.3, -0.25) is 0 Å². The highest BCUT2D eigenvalue weighted by molar-refractivity contribution is 4.82. The van der Waals surface area contributed by atoms with Crippen LogP contribution in [-0.4, -0.2) is 38.1 Å². The highest BCUT2D eigenvalue weighted by Crippen LogP contribution is 2.39. The molecule has 126 valence electrons. The monoisotopic (exact) mass is 296 g/mol. The van der Waals surface area contributed by atoms with Crippen LogP contribution in [0.15, 0.2) is 0 Å². The molecule has 0 aromatic rings. The van der Waals surface area contributed by atoms with Crippen LogP contribution in [0.2, 0.25) is 0 Å². The number of hydrogen-bond acceptors (Lipinski definition) is 2. The van der Waals surface area contributed by atoms with E-state index >= 15 is 0 Å². The van der Waals surface area contributed by atoms with Crippen LogP contribution in [0.5, 0.6) is 0 Å². The molecule has 1 unspecified atom stereocenters. The number of nitrogens with one attached hydrogen (secondary N) is 1. The van der Waals surface area contributed by atoms with Crippen LogP contribution in [0.3, 0.4) is 0 Å². The Morgan fingerprint density at radius 1 is 1.05 bits per heavy atom. The number of rotatable bonds is 7. The fourth-order valence-corrected chi connectivity index (χ4v) is 3.80. The molecule has 0 spiro atoms. The van der Waals surface area contributed by atoms with Gasteiger partial charge in [-0.25, -0.2) is 0 Å². The van der Waals surface area contributed by atoms with E-state index in [0.29, 0.717) is 11.5 Å². The molecule has 2 heteroatoms. The molecule has 1 aliphatic rings. The van der Waals surface area contributed by atoms with Gasteiger partial charge >= 0.3 is 0 Å². The highest BCUT2D eigenvalue weighted by atomic mass is 15.1. The van der Waals surface area contributed by atoms with E-state index < -0.39 is 0 Å². The second-order valence-corrected chi connectivity index (χ2v) is 9.08. The molecule has 0 heterocycles. The molecular weight excluding hydrogens is 256 g/mol. The summed E-state index contributed by atoms with van der Waals surface area (Å²) in [5, 5.41) is 3.86. The lowest BCUT2D eigenvalue weighted by Crippen LogP contribution is -2.42. The first kappa shape index (κ1) is 19.0. The zero-order valence-electron chi connectivity index (χ0n) is 15.7. The van der Waals surface area contributed by atoms with Crippen molar-refractivity contribution in [2.75, 3.05) is 27.2 Å². The smallest absolute Gasteiger partial charge is 0.0197 e. The Balaban J connectivity index is 2.33. The Morgan fingerprint density at radius 3 is 2.05 bits per heavy atom. The van der Waals surface area contributed by atoms with Crippen molar-refractivity contribution in [2.24, 2.45) is 23.2 Å². The van der Waals surface area contributed by atoms with Gasteiger partial charge in [0.2, 0.25) is 0 Å². The molecule has 0 bridgehead atoms. The molecule has 21 heavy (non-hydrogen) atoms. The van der Waals surface area contributed by atoms with Crippen molar-refractivity contribution in [2.45, 2.75) is 72.8 Å². The van der Waals surface area contributed by atoms with E-state index in [1.807, 2.05) is 0 Å². The van der Waals surface area contributed by atoms with Gasteiger partial charge in [0.25, 0.3) is 0 Å². The van der Waals surface area contributed by atoms with Crippen LogP contribution in [0, 0.1) is 23.2 Å². The average molecular weight is 297 g/mol. The molecule has 1 fully saturated rings. The van der Waals surface area contributed by atoms with Crippen LogP contribution in [0.25, 0.3) is 0 Å². The third-order valence-corrected chi connectivity index (χ3v) is 5.11. The number of likely N-dealkylation sites (N-methyl/N-ethyl adjacent to an activating group) is 1. The summed E-state index contributed by atoms with van der Waals surface area (Å²) < 4.78 is 0. The minimum atomic E-state index is 0.503. The summed E-state index contributed by atoms with van der Waals surface area (Å²) in [5.41, 5.74) is 0.503. The molecule has 1 saturated carbocycles. The minimum absolute atomic E-state index is 0.503. The molecule has 0 amide bonds. The van der Waals surface area contributed by atoms with Crippen molar-refractivity contribution >= 4 is 0 Å². The van der Waals surface area contributed by atoms with Gasteiger partial charge in [0.1, 0.15) is 0 Å². The zero-order chi connectivity index (χ0) is 16.0. The van der Waals surface area contributed by atoms with Crippen LogP contribution >= 0.6 is 0 Å². The van der Waals surface area contributed by atoms with E-state index in [2.05, 4.69) is 58.9 Å². The van der Waals surface area contributed by atoms with E-state index in [1.165, 1.54) is 38.6 Å². The van der Waals surface area contributed by atoms with Crippen molar-refractivity contribution < 1.29 is 0 Å². The third kappa shape index (κ3) is 7.65. The van der Waals surface area contributed by atoms with Gasteiger partial charge in [0.05, 0.1) is 0 Å². The maximum Gasteiger partial charge on any atom is 0.0197 e. The topological polar surface area (TPSA) is 15.3 Å². The zero-order valence-corrected chi connectivity index (χ0v) is 15.7. The van der Waals surface area contributed by atoms with Crippen LogP contribution in [0.4, 0.5) is 0 Å². The lowest BCUT2D eigenvalue weighted by atomic mass is 9.70. The molecule has 0 aromatic carbocycles. The first-order valence-electron chi connectivity index (χ1n) is 9.06. The quantitative estimate of drug-likeness (QED) is 0.749. The van der Waals surface area contributed by atoms with Crippen molar-refractivity contribution in [1.29, 1.82) is 0 Å². The fraction of sp³-hybridized carbons (Fsp3) is 1.00. The Kier molecular flexibility index (Phi) is 7.70. The van der Waals surface area contributed by atoms with Gasteiger partial charge in [-0.05, 0) is 75.9 Å². The van der Waals surface area contributed by atoms with Crippen molar-refractivity contribution in [3.8, 4) is 0 Å². The van der Waals surface area contributed by atoms with Gasteiger partial charge in [-0.2, -0.15) is 0 Å². The van der Waals surface area contributed by atoms with Gasteiger partial charge in [-0.15, -0.1) is 0 Å². The summed E-state index contributed by atoms with van der Waals surface area (Å²) in [6, 6.07) is 0.653. The highest BCUT2D eigenvalue weighted by Gasteiger charge is 2.29. The van der Waals surface area contributed by atoms with Crippen LogP contribution in [0.1, 0.15) is 66.7 Å². The number of hydrogen-bond donors (Lipinski definition) is 1. The Bertz CT molecular complexity index is 260. The van der Waals surface area contributed by atoms with E-state index in [1.54, 1.807) is 0 Å². The standard InChI is InChI=1S/C19H40N2/c1-15(2)12-18(14-21(6)7)20-13-16-8-10-17(11-9-16)19(3,4)5/h15-18,20H,8-14H2,1-7H3. The summed E-state index contributed by atoms with van der Waals surface area (Å²) in [6.45, 7) is 14.3. The molecule has 0 aromatic heterocycles. The molecule has 1 rings (SSSR count). The van der Waals surface area contributed by atoms with E-state index in [9.17, 15) is 0 Å². The Labute approximate surface area is 134 Å². The van der Waals surface area contributed by atoms with E-state index in [0.717, 1.165) is 24.3 Å². The van der Waals surface area contributed by atoms with Crippen molar-refractivity contribution in [3.05, 3.63) is 0 Å². The van der Waals surface area contributed by atoms with Crippen molar-refractivity contribution in [3.63, 3.8) is 0 Å². The molecule has 2 nitrogen and oxygen atoms in total. The molecule has 1 atom stereocenters. The Morgan fingerprint density at radius 2 is 1.62 bits per heavy atom. The second kappa shape index (κ2) is 8.53. The predicted molar refractivity (Wildman–Crippen MR) is 94.7 cm³/mol. The summed E-state index contributed by atoms with van der Waals surface area (Å²) in [6.07, 6.45) is 6.99. The normalized spacial score (nSPS) is 25.6. The Hall–Kier alpha value is -0.0800. The van der Waals surface area contributed by atoms with Crippen LogP contribution < -0.4 is 5.32 Å². The maximum absolute atomic E-state index is 3.86. The first-order chi connectivity index (χ1) is 9.68. The second-order valence-electron chi connectivity index (χ2n) is 9.08. The third-order valence-electron chi connectivity index (χ3n) is 5.11. The average Bonchev–Trinajstić information content (AvgIpc) is 2.34. The molecule has 0 radical (unpaired) electrons. The van der Waals surface area contributed by atoms with Gasteiger partial charge in [-0.1, -0.05) is 34.6 Å². The summed E-state index contributed by atoms with van der Waals surface area (Å²) in [4.78, 5) is 2.32. The SMILES string of the molecule is CC(C)CC(CN(C)C)NCC1CCC(C(C)(C)C)CC1. The fourth-order valence-electron chi connectivity index (χ4n) is 3.80. The maximum atomic E-state index is 3.86. The summed E-state index contributed by atoms with van der Waals surface area (Å²) in [5.74, 6) is 2.61. The molecule has 1 N–H and O–H groups in total. The molecule has 0 saturated heterocycles. The summed E-state index contributed by atoms with van der Waals surface area (Å²) >= 11 is 0. The molecule has 1 aliphatic carbocycles. The lowest BCUT2D eigenvalue weighted by Gasteiger charge is -2.37. The predicted octanol–water partition coefficient (Wildman–Crippen LogP) is 4.40. The van der Waals surface area contributed by atoms with Gasteiger partial charge in [0, 0.05) is 12.6 Å². The van der Waals surface area contributed by atoms with E-state index in [-0.39, 0.29) is 0 Å².